The van der Waals surface area contributed by atoms with Crippen molar-refractivity contribution in [2.24, 2.45) is 11.8 Å². The molecule has 3 atom stereocenters. The van der Waals surface area contributed by atoms with E-state index in [1.54, 1.807) is 0 Å². The smallest absolute Gasteiger partial charge is 0.324 e. The minimum atomic E-state index is -0.649. The highest BCUT2D eigenvalue weighted by Crippen LogP contribution is 2.45. The number of imide groups is 1. The van der Waals surface area contributed by atoms with Crippen molar-refractivity contribution in [3.8, 4) is 0 Å². The van der Waals surface area contributed by atoms with Crippen LogP contribution in [0.15, 0.2) is 0 Å². The van der Waals surface area contributed by atoms with Gasteiger partial charge >= 0.3 is 6.03 Å². The van der Waals surface area contributed by atoms with Crippen LogP contribution in [0.2, 0.25) is 0 Å². The van der Waals surface area contributed by atoms with Crippen molar-refractivity contribution >= 4 is 11.9 Å². The highest BCUT2D eigenvalue weighted by molar-refractivity contribution is 5.95. The van der Waals surface area contributed by atoms with E-state index < -0.39 is 18.5 Å². The zero-order valence-electron chi connectivity index (χ0n) is 18.6. The first-order valence-electron chi connectivity index (χ1n) is 11.1. The van der Waals surface area contributed by atoms with Gasteiger partial charge in [-0.05, 0) is 52.9 Å². The Balaban J connectivity index is 1.67. The predicted molar refractivity (Wildman–Crippen MR) is 111 cm³/mol. The maximum Gasteiger partial charge on any atom is 0.324 e. The van der Waals surface area contributed by atoms with Crippen LogP contribution >= 0.6 is 0 Å². The summed E-state index contributed by atoms with van der Waals surface area (Å²) in [6, 6.07) is -0.0845. The number of halogens is 1. The van der Waals surface area contributed by atoms with Crippen molar-refractivity contribution in [1.82, 2.24) is 20.0 Å². The molecule has 2 heterocycles. The highest BCUT2D eigenvalue weighted by Gasteiger charge is 2.49. The van der Waals surface area contributed by atoms with Gasteiger partial charge in [-0.25, -0.2) is 9.18 Å². The molecule has 2 saturated heterocycles. The number of amides is 3. The third-order valence-corrected chi connectivity index (χ3v) is 6.63. The quantitative estimate of drug-likeness (QED) is 0.659. The Hall–Kier alpha value is -1.29. The number of rotatable bonds is 7. The molecule has 9 heteroatoms. The van der Waals surface area contributed by atoms with Crippen molar-refractivity contribution < 1.29 is 23.5 Å². The molecule has 0 aromatic carbocycles. The number of alkyl halides is 1. The first-order valence-corrected chi connectivity index (χ1v) is 11.1. The maximum absolute atomic E-state index is 13.4. The summed E-state index contributed by atoms with van der Waals surface area (Å²) < 4.78 is 24.4. The lowest BCUT2D eigenvalue weighted by Crippen LogP contribution is -2.57. The van der Waals surface area contributed by atoms with Gasteiger partial charge in [0.1, 0.15) is 6.67 Å². The number of piperidine rings is 1. The number of carbonyl (C=O) groups excluding carboxylic acids is 2. The van der Waals surface area contributed by atoms with Gasteiger partial charge in [0.2, 0.25) is 5.91 Å². The number of hydrogen-bond donors (Lipinski definition) is 1. The van der Waals surface area contributed by atoms with Gasteiger partial charge < -0.3 is 24.6 Å². The number of hydrogen-bond acceptors (Lipinski definition) is 6. The van der Waals surface area contributed by atoms with Crippen molar-refractivity contribution in [2.75, 3.05) is 67.2 Å². The lowest BCUT2D eigenvalue weighted by atomic mass is 9.72. The number of likely N-dealkylation sites (tertiary alicyclic amines) is 1. The fourth-order valence-electron chi connectivity index (χ4n) is 5.25. The van der Waals surface area contributed by atoms with Gasteiger partial charge in [0.05, 0.1) is 19.1 Å². The standard InChI is InChI=1S/C21H37FN4O4/c1-24(2)9-4-10-26(20(28)23-8-7-22)19(27)17-13-16-14-21(29-11-12-30-21)6-5-18(16)25(3)15-17/h16-18H,4-15H2,1-3H3,(H,23,28)/t16-,17-,18-/m1/s1. The van der Waals surface area contributed by atoms with E-state index in [1.807, 2.05) is 19.0 Å². The molecule has 0 aromatic rings. The van der Waals surface area contributed by atoms with E-state index in [0.717, 1.165) is 32.2 Å². The molecule has 3 amide bonds. The molecule has 0 bridgehead atoms. The van der Waals surface area contributed by atoms with E-state index in [4.69, 9.17) is 9.47 Å². The summed E-state index contributed by atoms with van der Waals surface area (Å²) >= 11 is 0. The fourth-order valence-corrected chi connectivity index (χ4v) is 5.25. The summed E-state index contributed by atoms with van der Waals surface area (Å²) in [5.74, 6) is -0.620. The van der Waals surface area contributed by atoms with Crippen molar-refractivity contribution in [3.05, 3.63) is 0 Å². The lowest BCUT2D eigenvalue weighted by Gasteiger charge is -2.49. The van der Waals surface area contributed by atoms with Gasteiger partial charge in [-0.1, -0.05) is 0 Å². The van der Waals surface area contributed by atoms with E-state index in [0.29, 0.717) is 44.7 Å². The number of fused-ring (bicyclic) bond motifs is 1. The second kappa shape index (κ2) is 10.3. The van der Waals surface area contributed by atoms with E-state index in [1.165, 1.54) is 4.90 Å². The van der Waals surface area contributed by atoms with E-state index in [-0.39, 0.29) is 18.4 Å². The molecule has 1 aliphatic carbocycles. The Morgan fingerprint density at radius 3 is 2.63 bits per heavy atom. The molecule has 2 aliphatic heterocycles. The summed E-state index contributed by atoms with van der Waals surface area (Å²) in [6.45, 7) is 2.27. The van der Waals surface area contributed by atoms with Crippen LogP contribution in [0, 0.1) is 11.8 Å². The zero-order chi connectivity index (χ0) is 21.7. The molecule has 1 N–H and O–H groups in total. The summed E-state index contributed by atoms with van der Waals surface area (Å²) in [4.78, 5) is 31.5. The molecule has 3 rings (SSSR count). The fraction of sp³-hybridized carbons (Fsp3) is 0.905. The Labute approximate surface area is 179 Å². The minimum Gasteiger partial charge on any atom is -0.348 e. The number of carbonyl (C=O) groups is 2. The number of ether oxygens (including phenoxy) is 2. The Kier molecular flexibility index (Phi) is 8.06. The van der Waals surface area contributed by atoms with Crippen LogP contribution in [-0.2, 0) is 14.3 Å². The number of nitrogens with one attached hydrogen (secondary N) is 1. The number of nitrogens with zero attached hydrogens (tertiary/aromatic N) is 3. The monoisotopic (exact) mass is 428 g/mol. The first kappa shape index (κ1) is 23.4. The zero-order valence-corrected chi connectivity index (χ0v) is 18.6. The van der Waals surface area contributed by atoms with Crippen LogP contribution in [0.5, 0.6) is 0 Å². The molecule has 172 valence electrons. The SMILES string of the molecule is CN(C)CCCN(C(=O)NCCF)C(=O)[C@@H]1C[C@@H]2CC3(CC[C@H]2N(C)C1)OCCO3. The van der Waals surface area contributed by atoms with Gasteiger partial charge in [-0.3, -0.25) is 9.69 Å². The average molecular weight is 429 g/mol. The summed E-state index contributed by atoms with van der Waals surface area (Å²) in [7, 11) is 5.97. The van der Waals surface area contributed by atoms with Gasteiger partial charge in [-0.15, -0.1) is 0 Å². The van der Waals surface area contributed by atoms with Crippen molar-refractivity contribution in [2.45, 2.75) is 43.9 Å². The third kappa shape index (κ3) is 5.49. The number of urea groups is 1. The van der Waals surface area contributed by atoms with Crippen LogP contribution < -0.4 is 5.32 Å². The van der Waals surface area contributed by atoms with Crippen molar-refractivity contribution in [3.63, 3.8) is 0 Å². The van der Waals surface area contributed by atoms with E-state index in [9.17, 15) is 14.0 Å². The van der Waals surface area contributed by atoms with Crippen LogP contribution in [-0.4, -0.2) is 106 Å². The van der Waals surface area contributed by atoms with Crippen LogP contribution in [0.4, 0.5) is 9.18 Å². The molecule has 8 nitrogen and oxygen atoms in total. The molecule has 0 radical (unpaired) electrons. The average Bonchev–Trinajstić information content (AvgIpc) is 3.15. The van der Waals surface area contributed by atoms with Gasteiger partial charge in [0.15, 0.2) is 5.79 Å². The molecule has 3 aliphatic rings. The molecule has 30 heavy (non-hydrogen) atoms. The van der Waals surface area contributed by atoms with Gasteiger partial charge in [0.25, 0.3) is 0 Å². The maximum atomic E-state index is 13.4. The summed E-state index contributed by atoms with van der Waals surface area (Å²) in [6.07, 6.45) is 4.08. The normalized spacial score (nSPS) is 28.5. The molecule has 0 unspecified atom stereocenters. The van der Waals surface area contributed by atoms with E-state index in [2.05, 4.69) is 17.3 Å². The highest BCUT2D eigenvalue weighted by atomic mass is 19.1. The Morgan fingerprint density at radius 2 is 1.97 bits per heavy atom. The van der Waals surface area contributed by atoms with E-state index >= 15 is 0 Å². The topological polar surface area (TPSA) is 74.4 Å². The molecular formula is C21H37FN4O4. The molecule has 3 fully saturated rings. The molecule has 0 aromatic heterocycles. The first-order chi connectivity index (χ1) is 14.3. The largest absolute Gasteiger partial charge is 0.348 e. The van der Waals surface area contributed by atoms with Crippen LogP contribution in [0.3, 0.4) is 0 Å². The van der Waals surface area contributed by atoms with Gasteiger partial charge in [-0.2, -0.15) is 0 Å². The van der Waals surface area contributed by atoms with Crippen LogP contribution in [0.25, 0.3) is 0 Å². The minimum absolute atomic E-state index is 0.0806. The van der Waals surface area contributed by atoms with Crippen LogP contribution in [0.1, 0.15) is 32.1 Å². The summed E-state index contributed by atoms with van der Waals surface area (Å²) in [5.41, 5.74) is 0. The Morgan fingerprint density at radius 1 is 1.23 bits per heavy atom. The lowest BCUT2D eigenvalue weighted by molar-refractivity contribution is -0.202. The molecular weight excluding hydrogens is 391 g/mol. The van der Waals surface area contributed by atoms with Gasteiger partial charge in [0, 0.05) is 38.5 Å². The second-order valence-corrected chi connectivity index (χ2v) is 9.12. The Bertz CT molecular complexity index is 600. The third-order valence-electron chi connectivity index (χ3n) is 6.63. The van der Waals surface area contributed by atoms with Crippen molar-refractivity contribution in [1.29, 1.82) is 0 Å². The predicted octanol–water partition coefficient (Wildman–Crippen LogP) is 1.31. The summed E-state index contributed by atoms with van der Waals surface area (Å²) in [5, 5.41) is 2.52. The molecule has 1 spiro atoms. The molecule has 1 saturated carbocycles. The second-order valence-electron chi connectivity index (χ2n) is 9.12.